The van der Waals surface area contributed by atoms with E-state index < -0.39 is 11.2 Å². The van der Waals surface area contributed by atoms with Gasteiger partial charge in [0.1, 0.15) is 5.25 Å². The summed E-state index contributed by atoms with van der Waals surface area (Å²) < 4.78 is 0. The zero-order valence-electron chi connectivity index (χ0n) is 9.99. The highest BCUT2D eigenvalue weighted by molar-refractivity contribution is 8.15. The number of nitrogens with zero attached hydrogens (tertiary/aromatic N) is 2. The zero-order chi connectivity index (χ0) is 13.8. The summed E-state index contributed by atoms with van der Waals surface area (Å²) in [6.45, 7) is 1.83. The molecule has 1 aromatic heterocycles. The van der Waals surface area contributed by atoms with Crippen molar-refractivity contribution >= 4 is 45.9 Å². The molecular formula is C11H11N3O3S2. The number of carbonyl (C=O) groups excluding carboxylic acids is 1. The average molecular weight is 297 g/mol. The van der Waals surface area contributed by atoms with Crippen LogP contribution in [0.1, 0.15) is 18.2 Å². The summed E-state index contributed by atoms with van der Waals surface area (Å²) >= 11 is 2.64. The Bertz CT molecular complexity index is 552. The number of thioether (sulfide) groups is 1. The second-order valence-corrected chi connectivity index (χ2v) is 5.90. The zero-order valence-corrected chi connectivity index (χ0v) is 11.6. The van der Waals surface area contributed by atoms with Gasteiger partial charge in [-0.15, -0.1) is 16.4 Å². The third-order valence-electron chi connectivity index (χ3n) is 2.31. The predicted molar refractivity (Wildman–Crippen MR) is 75.7 cm³/mol. The SMILES string of the molecule is C/C(=N/N=C1\NC(=O)[C@H](CC(=O)O)S1)c1cccs1. The number of hydrogen-bond acceptors (Lipinski definition) is 6. The van der Waals surface area contributed by atoms with Crippen LogP contribution in [-0.2, 0) is 9.59 Å². The fraction of sp³-hybridized carbons (Fsp3) is 0.273. The fourth-order valence-electron chi connectivity index (χ4n) is 1.40. The van der Waals surface area contributed by atoms with Crippen molar-refractivity contribution in [1.82, 2.24) is 5.32 Å². The number of nitrogens with one attached hydrogen (secondary N) is 1. The van der Waals surface area contributed by atoms with Gasteiger partial charge >= 0.3 is 5.97 Å². The Balaban J connectivity index is 2.04. The molecule has 0 aliphatic carbocycles. The van der Waals surface area contributed by atoms with E-state index >= 15 is 0 Å². The van der Waals surface area contributed by atoms with Gasteiger partial charge in [-0.1, -0.05) is 17.8 Å². The van der Waals surface area contributed by atoms with Crippen LogP contribution in [0, 0.1) is 0 Å². The summed E-state index contributed by atoms with van der Waals surface area (Å²) in [5.74, 6) is -1.35. The third-order valence-corrected chi connectivity index (χ3v) is 4.36. The van der Waals surface area contributed by atoms with E-state index in [1.54, 1.807) is 11.3 Å². The van der Waals surface area contributed by atoms with E-state index in [4.69, 9.17) is 5.11 Å². The van der Waals surface area contributed by atoms with Crippen LogP contribution >= 0.6 is 23.1 Å². The quantitative estimate of drug-likeness (QED) is 0.651. The van der Waals surface area contributed by atoms with E-state index in [0.717, 1.165) is 22.4 Å². The Labute approximate surface area is 117 Å². The van der Waals surface area contributed by atoms with Crippen molar-refractivity contribution in [2.45, 2.75) is 18.6 Å². The standard InChI is InChI=1S/C11H11N3O3S2/c1-6(7-3-2-4-18-7)13-14-11-12-10(17)8(19-11)5-9(15)16/h2-4,8H,5H2,1H3,(H,15,16)(H,12,14,17)/b13-6-/t8-/m0/s1. The summed E-state index contributed by atoms with van der Waals surface area (Å²) in [6, 6.07) is 3.85. The van der Waals surface area contributed by atoms with Crippen molar-refractivity contribution in [1.29, 1.82) is 0 Å². The second kappa shape index (κ2) is 5.98. The lowest BCUT2D eigenvalue weighted by Crippen LogP contribution is -2.26. The van der Waals surface area contributed by atoms with Crippen molar-refractivity contribution in [2.24, 2.45) is 10.2 Å². The number of amides is 1. The van der Waals surface area contributed by atoms with Gasteiger partial charge in [0.05, 0.1) is 17.0 Å². The number of hydrogen-bond donors (Lipinski definition) is 2. The molecule has 2 rings (SSSR count). The highest BCUT2D eigenvalue weighted by atomic mass is 32.2. The molecule has 19 heavy (non-hydrogen) atoms. The molecule has 1 aliphatic rings. The normalized spacial score (nSPS) is 21.7. The van der Waals surface area contributed by atoms with Crippen LogP contribution in [0.25, 0.3) is 0 Å². The van der Waals surface area contributed by atoms with Crippen LogP contribution in [0.2, 0.25) is 0 Å². The highest BCUT2D eigenvalue weighted by Gasteiger charge is 2.32. The number of carboxylic acids is 1. The van der Waals surface area contributed by atoms with Crippen LogP contribution in [0.5, 0.6) is 0 Å². The molecule has 0 spiro atoms. The van der Waals surface area contributed by atoms with E-state index in [0.29, 0.717) is 5.17 Å². The van der Waals surface area contributed by atoms with Gasteiger partial charge in [-0.25, -0.2) is 0 Å². The molecule has 2 N–H and O–H groups in total. The molecule has 0 saturated carbocycles. The minimum absolute atomic E-state index is 0.219. The van der Waals surface area contributed by atoms with Crippen molar-refractivity contribution in [3.63, 3.8) is 0 Å². The Morgan fingerprint density at radius 2 is 2.37 bits per heavy atom. The van der Waals surface area contributed by atoms with Crippen LogP contribution < -0.4 is 5.32 Å². The Morgan fingerprint density at radius 1 is 1.58 bits per heavy atom. The number of aliphatic carboxylic acids is 1. The molecule has 1 aromatic rings. The average Bonchev–Trinajstić information content (AvgIpc) is 2.96. The first-order valence-corrected chi connectivity index (χ1v) is 7.17. The molecule has 0 bridgehead atoms. The monoisotopic (exact) mass is 297 g/mol. The van der Waals surface area contributed by atoms with Crippen molar-refractivity contribution in [3.05, 3.63) is 22.4 Å². The maximum Gasteiger partial charge on any atom is 0.305 e. The summed E-state index contributed by atoms with van der Waals surface area (Å²) in [5.41, 5.74) is 0.749. The topological polar surface area (TPSA) is 91.1 Å². The first-order valence-electron chi connectivity index (χ1n) is 5.41. The second-order valence-electron chi connectivity index (χ2n) is 3.76. The lowest BCUT2D eigenvalue weighted by Gasteiger charge is -1.98. The van der Waals surface area contributed by atoms with Gasteiger partial charge in [-0.3, -0.25) is 9.59 Å². The largest absolute Gasteiger partial charge is 0.481 e. The molecule has 1 atom stereocenters. The molecule has 1 aliphatic heterocycles. The molecule has 8 heteroatoms. The Hall–Kier alpha value is -1.67. The van der Waals surface area contributed by atoms with Crippen LogP contribution in [0.15, 0.2) is 27.7 Å². The summed E-state index contributed by atoms with van der Waals surface area (Å²) in [5, 5.41) is 20.8. The molecule has 0 aromatic carbocycles. The molecule has 0 radical (unpaired) electrons. The van der Waals surface area contributed by atoms with E-state index in [1.165, 1.54) is 0 Å². The van der Waals surface area contributed by atoms with Gasteiger partial charge in [0.25, 0.3) is 0 Å². The lowest BCUT2D eigenvalue weighted by molar-refractivity contribution is -0.138. The minimum Gasteiger partial charge on any atom is -0.481 e. The van der Waals surface area contributed by atoms with Gasteiger partial charge in [-0.2, -0.15) is 5.10 Å². The van der Waals surface area contributed by atoms with E-state index in [1.807, 2.05) is 24.4 Å². The molecule has 6 nitrogen and oxygen atoms in total. The third kappa shape index (κ3) is 3.65. The van der Waals surface area contributed by atoms with Crippen molar-refractivity contribution in [2.75, 3.05) is 0 Å². The molecule has 0 unspecified atom stereocenters. The van der Waals surface area contributed by atoms with Crippen molar-refractivity contribution in [3.8, 4) is 0 Å². The fourth-order valence-corrected chi connectivity index (χ4v) is 2.98. The first kappa shape index (κ1) is 13.8. The van der Waals surface area contributed by atoms with Gasteiger partial charge in [0.15, 0.2) is 5.17 Å². The minimum atomic E-state index is -1.01. The Morgan fingerprint density at radius 3 is 3.00 bits per heavy atom. The number of carbonyl (C=O) groups is 2. The molecule has 1 saturated heterocycles. The van der Waals surface area contributed by atoms with E-state index in [9.17, 15) is 9.59 Å². The molecular weight excluding hydrogens is 286 g/mol. The van der Waals surface area contributed by atoms with E-state index in [2.05, 4.69) is 15.5 Å². The van der Waals surface area contributed by atoms with Gasteiger partial charge in [-0.05, 0) is 18.4 Å². The lowest BCUT2D eigenvalue weighted by atomic mass is 10.3. The molecule has 1 amide bonds. The predicted octanol–water partition coefficient (Wildman–Crippen LogP) is 1.53. The number of thiophene rings is 1. The van der Waals surface area contributed by atoms with Crippen molar-refractivity contribution < 1.29 is 14.7 Å². The number of amidine groups is 1. The number of rotatable bonds is 4. The van der Waals surface area contributed by atoms with Crippen LogP contribution in [0.3, 0.4) is 0 Å². The summed E-state index contributed by atoms with van der Waals surface area (Å²) in [6.07, 6.45) is -0.219. The maximum absolute atomic E-state index is 11.5. The summed E-state index contributed by atoms with van der Waals surface area (Å²) in [7, 11) is 0. The molecule has 2 heterocycles. The first-order chi connectivity index (χ1) is 9.06. The molecule has 100 valence electrons. The van der Waals surface area contributed by atoms with Crippen LogP contribution in [0.4, 0.5) is 0 Å². The van der Waals surface area contributed by atoms with Gasteiger partial charge in [0.2, 0.25) is 5.91 Å². The molecule has 1 fully saturated rings. The van der Waals surface area contributed by atoms with Gasteiger partial charge in [0, 0.05) is 0 Å². The number of carboxylic acid groups (broad SMARTS) is 1. The Kier molecular flexibility index (Phi) is 4.33. The summed E-state index contributed by atoms with van der Waals surface area (Å²) in [4.78, 5) is 23.0. The highest BCUT2D eigenvalue weighted by Crippen LogP contribution is 2.22. The van der Waals surface area contributed by atoms with Gasteiger partial charge < -0.3 is 10.4 Å². The maximum atomic E-state index is 11.5. The van der Waals surface area contributed by atoms with Crippen LogP contribution in [-0.4, -0.2) is 33.1 Å². The van der Waals surface area contributed by atoms with E-state index in [-0.39, 0.29) is 12.3 Å². The smallest absolute Gasteiger partial charge is 0.305 e.